The van der Waals surface area contributed by atoms with Crippen LogP contribution in [0.25, 0.3) is 0 Å². The van der Waals surface area contributed by atoms with Crippen LogP contribution in [0.3, 0.4) is 0 Å². The highest BCUT2D eigenvalue weighted by atomic mass is 19.4. The molecule has 0 unspecified atom stereocenters. The van der Waals surface area contributed by atoms with Gasteiger partial charge in [0.2, 0.25) is 0 Å². The molecule has 1 aromatic heterocycles. The van der Waals surface area contributed by atoms with Crippen molar-refractivity contribution in [1.82, 2.24) is 15.3 Å². The zero-order valence-corrected chi connectivity index (χ0v) is 11.5. The summed E-state index contributed by atoms with van der Waals surface area (Å²) in [6, 6.07) is 0. The third-order valence-corrected chi connectivity index (χ3v) is 3.53. The molecule has 1 aromatic rings. The second-order valence-electron chi connectivity index (χ2n) is 4.95. The second-order valence-corrected chi connectivity index (χ2v) is 4.95. The van der Waals surface area contributed by atoms with Crippen LogP contribution in [0.15, 0.2) is 12.4 Å². The number of hydrogen-bond acceptors (Lipinski definition) is 4. The van der Waals surface area contributed by atoms with Crippen molar-refractivity contribution in [2.75, 3.05) is 24.5 Å². The lowest BCUT2D eigenvalue weighted by Gasteiger charge is -2.33. The van der Waals surface area contributed by atoms with Gasteiger partial charge in [-0.2, -0.15) is 13.2 Å². The second kappa shape index (κ2) is 6.39. The van der Waals surface area contributed by atoms with Crippen molar-refractivity contribution >= 4 is 5.82 Å². The summed E-state index contributed by atoms with van der Waals surface area (Å²) in [7, 11) is 0. The minimum Gasteiger partial charge on any atom is -0.355 e. The zero-order valence-electron chi connectivity index (χ0n) is 11.5. The molecule has 0 amide bonds. The molecule has 0 aromatic carbocycles. The molecule has 1 fully saturated rings. The summed E-state index contributed by atoms with van der Waals surface area (Å²) in [5.74, 6) is -0.523. The van der Waals surface area contributed by atoms with E-state index in [9.17, 15) is 13.2 Å². The van der Waals surface area contributed by atoms with Gasteiger partial charge >= 0.3 is 6.18 Å². The monoisotopic (exact) mass is 288 g/mol. The molecule has 1 N–H and O–H groups in total. The summed E-state index contributed by atoms with van der Waals surface area (Å²) in [4.78, 5) is 10.4. The average molecular weight is 288 g/mol. The van der Waals surface area contributed by atoms with Crippen molar-refractivity contribution in [2.45, 2.75) is 32.5 Å². The first-order chi connectivity index (χ1) is 9.50. The highest BCUT2D eigenvalue weighted by Gasteiger charge is 2.41. The summed E-state index contributed by atoms with van der Waals surface area (Å²) >= 11 is 0. The van der Waals surface area contributed by atoms with Gasteiger partial charge in [0.15, 0.2) is 0 Å². The predicted octanol–water partition coefficient (Wildman–Crippen LogP) is 2.36. The Morgan fingerprint density at radius 2 is 1.95 bits per heavy atom. The maximum Gasteiger partial charge on any atom is 0.391 e. The number of anilines is 1. The Bertz CT molecular complexity index is 411. The summed E-state index contributed by atoms with van der Waals surface area (Å²) in [5.41, 5.74) is 0.834. The maximum atomic E-state index is 12.6. The van der Waals surface area contributed by atoms with Crippen LogP contribution in [-0.2, 0) is 6.54 Å². The quantitative estimate of drug-likeness (QED) is 0.923. The molecular weight excluding hydrogens is 269 g/mol. The van der Waals surface area contributed by atoms with E-state index in [2.05, 4.69) is 15.3 Å². The van der Waals surface area contributed by atoms with Crippen LogP contribution >= 0.6 is 0 Å². The van der Waals surface area contributed by atoms with E-state index in [0.717, 1.165) is 12.2 Å². The van der Waals surface area contributed by atoms with Crippen molar-refractivity contribution in [3.8, 4) is 0 Å². The molecule has 1 aliphatic heterocycles. The third-order valence-electron chi connectivity index (χ3n) is 3.53. The molecule has 1 saturated heterocycles. The maximum absolute atomic E-state index is 12.6. The molecular formula is C13H19F3N4. The molecule has 2 rings (SSSR count). The van der Waals surface area contributed by atoms with Gasteiger partial charge in [-0.1, -0.05) is 6.92 Å². The smallest absolute Gasteiger partial charge is 0.355 e. The van der Waals surface area contributed by atoms with E-state index < -0.39 is 12.1 Å². The van der Waals surface area contributed by atoms with Crippen LogP contribution in [0.5, 0.6) is 0 Å². The summed E-state index contributed by atoms with van der Waals surface area (Å²) < 4.78 is 37.8. The van der Waals surface area contributed by atoms with Gasteiger partial charge in [0.25, 0.3) is 0 Å². The van der Waals surface area contributed by atoms with Crippen LogP contribution < -0.4 is 10.2 Å². The third kappa shape index (κ3) is 3.82. The number of piperidine rings is 1. The topological polar surface area (TPSA) is 41.1 Å². The van der Waals surface area contributed by atoms with Crippen molar-refractivity contribution in [2.24, 2.45) is 5.92 Å². The Morgan fingerprint density at radius 1 is 1.25 bits per heavy atom. The molecule has 0 saturated carbocycles. The molecule has 0 aliphatic carbocycles. The molecule has 0 atom stereocenters. The van der Waals surface area contributed by atoms with E-state index in [1.165, 1.54) is 0 Å². The van der Waals surface area contributed by atoms with Crippen LogP contribution in [0.4, 0.5) is 19.0 Å². The highest BCUT2D eigenvalue weighted by Crippen LogP contribution is 2.34. The van der Waals surface area contributed by atoms with Gasteiger partial charge in [0, 0.05) is 19.6 Å². The van der Waals surface area contributed by atoms with Gasteiger partial charge in [0.05, 0.1) is 24.0 Å². The zero-order chi connectivity index (χ0) is 14.6. The lowest BCUT2D eigenvalue weighted by molar-refractivity contribution is -0.179. The number of nitrogens with zero attached hydrogens (tertiary/aromatic N) is 3. The minimum absolute atomic E-state index is 0.129. The van der Waals surface area contributed by atoms with Crippen molar-refractivity contribution in [1.29, 1.82) is 0 Å². The SMILES string of the molecule is CCNCc1cnc(N2CCC(C(F)(F)F)CC2)cn1. The molecule has 112 valence electrons. The first kappa shape index (κ1) is 15.0. The molecule has 4 nitrogen and oxygen atoms in total. The normalized spacial score (nSPS) is 17.5. The van der Waals surface area contributed by atoms with E-state index >= 15 is 0 Å². The molecule has 0 spiro atoms. The van der Waals surface area contributed by atoms with E-state index in [1.54, 1.807) is 12.4 Å². The highest BCUT2D eigenvalue weighted by molar-refractivity contribution is 5.36. The van der Waals surface area contributed by atoms with Crippen molar-refractivity contribution < 1.29 is 13.2 Å². The lowest BCUT2D eigenvalue weighted by atomic mass is 9.96. The first-order valence-corrected chi connectivity index (χ1v) is 6.84. The van der Waals surface area contributed by atoms with Crippen LogP contribution in [0.1, 0.15) is 25.5 Å². The Labute approximate surface area is 116 Å². The first-order valence-electron chi connectivity index (χ1n) is 6.84. The van der Waals surface area contributed by atoms with Crippen molar-refractivity contribution in [3.63, 3.8) is 0 Å². The van der Waals surface area contributed by atoms with Gasteiger partial charge < -0.3 is 10.2 Å². The van der Waals surface area contributed by atoms with Crippen LogP contribution in [0.2, 0.25) is 0 Å². The molecule has 2 heterocycles. The number of rotatable bonds is 4. The molecule has 7 heteroatoms. The average Bonchev–Trinajstić information content (AvgIpc) is 2.45. The fourth-order valence-corrected chi connectivity index (χ4v) is 2.29. The summed E-state index contributed by atoms with van der Waals surface area (Å²) in [5, 5.41) is 3.14. The minimum atomic E-state index is -4.08. The number of halogens is 3. The van der Waals surface area contributed by atoms with E-state index in [-0.39, 0.29) is 12.8 Å². The lowest BCUT2D eigenvalue weighted by Crippen LogP contribution is -2.39. The van der Waals surface area contributed by atoms with Gasteiger partial charge in [-0.25, -0.2) is 4.98 Å². The number of nitrogens with one attached hydrogen (secondary N) is 1. The van der Waals surface area contributed by atoms with E-state index in [0.29, 0.717) is 25.5 Å². The largest absolute Gasteiger partial charge is 0.391 e. The molecule has 0 radical (unpaired) electrons. The Morgan fingerprint density at radius 3 is 2.45 bits per heavy atom. The van der Waals surface area contributed by atoms with Gasteiger partial charge in [-0.3, -0.25) is 4.98 Å². The van der Waals surface area contributed by atoms with Crippen LogP contribution in [-0.4, -0.2) is 35.8 Å². The molecule has 1 aliphatic rings. The van der Waals surface area contributed by atoms with Gasteiger partial charge in [-0.15, -0.1) is 0 Å². The number of hydrogen-bond donors (Lipinski definition) is 1. The van der Waals surface area contributed by atoms with E-state index in [4.69, 9.17) is 0 Å². The number of aromatic nitrogens is 2. The Balaban J connectivity index is 1.90. The Kier molecular flexibility index (Phi) is 4.80. The molecule has 20 heavy (non-hydrogen) atoms. The molecule has 0 bridgehead atoms. The summed E-state index contributed by atoms with van der Waals surface area (Å²) in [6.45, 7) is 4.28. The Hall–Kier alpha value is -1.37. The van der Waals surface area contributed by atoms with E-state index in [1.807, 2.05) is 11.8 Å². The fraction of sp³-hybridized carbons (Fsp3) is 0.692. The number of alkyl halides is 3. The fourth-order valence-electron chi connectivity index (χ4n) is 2.29. The predicted molar refractivity (Wildman–Crippen MR) is 70.4 cm³/mol. The van der Waals surface area contributed by atoms with Gasteiger partial charge in [0.1, 0.15) is 5.82 Å². The van der Waals surface area contributed by atoms with Crippen molar-refractivity contribution in [3.05, 3.63) is 18.1 Å². The standard InChI is InChI=1S/C13H19F3N4/c1-2-17-7-11-8-19-12(9-18-11)20-5-3-10(4-6-20)13(14,15)16/h8-10,17H,2-7H2,1H3. The van der Waals surface area contributed by atoms with Gasteiger partial charge in [-0.05, 0) is 19.4 Å². The summed E-state index contributed by atoms with van der Waals surface area (Å²) in [6.07, 6.45) is -0.503. The van der Waals surface area contributed by atoms with Crippen LogP contribution in [0, 0.1) is 5.92 Å².